The first kappa shape index (κ1) is 26.1. The lowest BCUT2D eigenvalue weighted by atomic mass is 9.73. The normalized spacial score (nSPS) is 35.3. The Kier molecular flexibility index (Phi) is 7.58. The third kappa shape index (κ3) is 4.74. The maximum Gasteiger partial charge on any atom is 0.353 e. The highest BCUT2D eigenvalue weighted by Gasteiger charge is 2.60. The van der Waals surface area contributed by atoms with Gasteiger partial charge in [-0.3, -0.25) is 14.4 Å². The molecule has 8 atom stereocenters. The Morgan fingerprint density at radius 3 is 2.63 bits per heavy atom. The second-order valence-corrected chi connectivity index (χ2v) is 11.5. The van der Waals surface area contributed by atoms with E-state index in [9.17, 15) is 29.4 Å². The third-order valence-corrected chi connectivity index (χ3v) is 9.17. The number of aliphatic carboxylic acids is 1. The van der Waals surface area contributed by atoms with E-state index in [0.29, 0.717) is 24.4 Å². The van der Waals surface area contributed by atoms with Crippen molar-refractivity contribution in [3.05, 3.63) is 10.6 Å². The number of aliphatic hydroxyl groups excluding tert-OH is 1. The van der Waals surface area contributed by atoms with E-state index < -0.39 is 24.2 Å². The topological polar surface area (TPSA) is 165 Å². The monoisotopic (exact) mass is 509 g/mol. The number of likely N-dealkylation sites (N-methyl/N-ethyl adjacent to an activating group) is 1. The summed E-state index contributed by atoms with van der Waals surface area (Å²) in [5, 5.41) is 25.8. The maximum absolute atomic E-state index is 13.0. The number of carbonyl (C=O) groups excluding carboxylic acids is 3. The van der Waals surface area contributed by atoms with E-state index >= 15 is 0 Å². The molecule has 6 N–H and O–H groups in total. The average molecular weight is 510 g/mol. The predicted molar refractivity (Wildman–Crippen MR) is 129 cm³/mol. The van der Waals surface area contributed by atoms with Crippen molar-refractivity contribution in [2.75, 3.05) is 33.2 Å². The molecule has 11 nitrogen and oxygen atoms in total. The Labute approximate surface area is 208 Å². The number of Topliss-reactive ketones (excluding diaryl/α,β-unsaturated/α-hetero) is 1. The number of β-amino-alcohol motifs (C(OH)–C–C–N with tert-alkyl or cyclic N) is 1. The summed E-state index contributed by atoms with van der Waals surface area (Å²) in [6.45, 7) is 5.13. The van der Waals surface area contributed by atoms with Gasteiger partial charge in [-0.25, -0.2) is 4.79 Å². The van der Waals surface area contributed by atoms with Crippen molar-refractivity contribution < 1.29 is 29.4 Å². The number of thioether (sulfide) groups is 1. The van der Waals surface area contributed by atoms with Crippen LogP contribution in [0.5, 0.6) is 0 Å². The lowest BCUT2D eigenvalue weighted by Gasteiger charge is -2.47. The molecule has 0 spiro atoms. The van der Waals surface area contributed by atoms with Gasteiger partial charge in [0.1, 0.15) is 11.5 Å². The van der Waals surface area contributed by atoms with E-state index in [1.165, 1.54) is 16.7 Å². The van der Waals surface area contributed by atoms with E-state index in [4.69, 9.17) is 5.73 Å². The number of ketones is 1. The minimum atomic E-state index is -1.13. The smallest absolute Gasteiger partial charge is 0.353 e. The summed E-state index contributed by atoms with van der Waals surface area (Å²) in [5.74, 6) is -2.18. The molecular weight excluding hydrogens is 474 g/mol. The van der Waals surface area contributed by atoms with Crippen molar-refractivity contribution in [1.29, 1.82) is 0 Å². The van der Waals surface area contributed by atoms with Crippen LogP contribution in [0.2, 0.25) is 0 Å². The number of fused-ring (bicyclic) bond motifs is 1. The third-order valence-electron chi connectivity index (χ3n) is 7.65. The summed E-state index contributed by atoms with van der Waals surface area (Å²) in [6.07, 6.45) is 0.0644. The van der Waals surface area contributed by atoms with E-state index in [2.05, 4.69) is 10.6 Å². The van der Waals surface area contributed by atoms with Crippen LogP contribution in [-0.4, -0.2) is 106 Å². The molecule has 3 unspecified atom stereocenters. The van der Waals surface area contributed by atoms with Gasteiger partial charge in [-0.1, -0.05) is 13.8 Å². The summed E-state index contributed by atoms with van der Waals surface area (Å²) in [6, 6.07) is -1.13. The Morgan fingerprint density at radius 2 is 2.03 bits per heavy atom. The van der Waals surface area contributed by atoms with Crippen LogP contribution >= 0.6 is 11.8 Å². The van der Waals surface area contributed by atoms with E-state index in [1.54, 1.807) is 11.9 Å². The standard InChI is InChI=1S/C23H35N5O6S/c1-10(4-12(29)6-25-3)17-18-11(2)20(19(23(33)34)28(18)22(17)32)35-13-5-15(26-7-13)21(31)27-8-14(24)16(30)9-27/h10-11,13-18,25-26,30H,4-9,24H2,1-3H3,(H,33,34)/t10-,11+,13?,14?,15-,16?,17+,18-/m0/s1. The maximum atomic E-state index is 13.0. The molecule has 0 aliphatic carbocycles. The Balaban J connectivity index is 1.43. The number of nitrogens with one attached hydrogen (secondary N) is 2. The van der Waals surface area contributed by atoms with Crippen LogP contribution < -0.4 is 16.4 Å². The molecule has 3 fully saturated rings. The fraction of sp³-hybridized carbons (Fsp3) is 0.739. The molecule has 0 bridgehead atoms. The number of amides is 2. The molecule has 2 amide bonds. The number of likely N-dealkylation sites (tertiary alicyclic amines) is 1. The molecule has 0 aromatic heterocycles. The number of nitrogens with zero attached hydrogens (tertiary/aromatic N) is 2. The molecule has 35 heavy (non-hydrogen) atoms. The Hall–Kier alpha value is -1.99. The molecule has 4 aliphatic heterocycles. The van der Waals surface area contributed by atoms with Gasteiger partial charge in [0, 0.05) is 48.2 Å². The first-order chi connectivity index (χ1) is 16.5. The number of nitrogens with two attached hydrogens (primary N) is 1. The van der Waals surface area contributed by atoms with Gasteiger partial charge in [-0.15, -0.1) is 11.8 Å². The Morgan fingerprint density at radius 1 is 1.31 bits per heavy atom. The van der Waals surface area contributed by atoms with Gasteiger partial charge in [0.05, 0.1) is 30.7 Å². The number of hydrogen-bond acceptors (Lipinski definition) is 9. The minimum absolute atomic E-state index is 0.0251. The molecule has 4 rings (SSSR count). The van der Waals surface area contributed by atoms with Crippen molar-refractivity contribution in [2.45, 2.75) is 56.2 Å². The zero-order valence-electron chi connectivity index (χ0n) is 20.3. The second kappa shape index (κ2) is 10.2. The number of β-lactam (4-membered cyclic amide) rings is 1. The highest BCUT2D eigenvalue weighted by molar-refractivity contribution is 8.03. The molecule has 4 aliphatic rings. The number of carboxylic acids is 1. The SMILES string of the molecule is CNCC(=O)C[C@H](C)[C@H]1C(=O)N2C(C(=O)O)=C(SC3CN[C@H](C(=O)N4CC(N)C(O)C4)C3)[C@H](C)[C@@H]12. The van der Waals surface area contributed by atoms with Crippen molar-refractivity contribution >= 4 is 35.3 Å². The van der Waals surface area contributed by atoms with Gasteiger partial charge in [-0.2, -0.15) is 0 Å². The Bertz CT molecular complexity index is 933. The first-order valence-corrected chi connectivity index (χ1v) is 13.0. The van der Waals surface area contributed by atoms with Crippen molar-refractivity contribution in [3.63, 3.8) is 0 Å². The highest BCUT2D eigenvalue weighted by atomic mass is 32.2. The fourth-order valence-electron chi connectivity index (χ4n) is 5.90. The molecule has 12 heteroatoms. The average Bonchev–Trinajstić information content (AvgIpc) is 3.45. The lowest BCUT2D eigenvalue weighted by Crippen LogP contribution is -2.62. The summed E-state index contributed by atoms with van der Waals surface area (Å²) in [4.78, 5) is 53.8. The lowest BCUT2D eigenvalue weighted by molar-refractivity contribution is -0.160. The molecule has 194 valence electrons. The fourth-order valence-corrected chi connectivity index (χ4v) is 7.37. The number of carbonyl (C=O) groups is 4. The van der Waals surface area contributed by atoms with Crippen LogP contribution in [0.15, 0.2) is 10.6 Å². The molecule has 0 radical (unpaired) electrons. The summed E-state index contributed by atoms with van der Waals surface area (Å²) < 4.78 is 0. The van der Waals surface area contributed by atoms with Crippen LogP contribution in [0.3, 0.4) is 0 Å². The summed E-state index contributed by atoms with van der Waals surface area (Å²) in [5.41, 5.74) is 5.87. The van der Waals surface area contributed by atoms with Crippen LogP contribution in [0.4, 0.5) is 0 Å². The van der Waals surface area contributed by atoms with Gasteiger partial charge in [0.2, 0.25) is 11.8 Å². The molecule has 4 heterocycles. The number of rotatable bonds is 9. The summed E-state index contributed by atoms with van der Waals surface area (Å²) >= 11 is 1.43. The van der Waals surface area contributed by atoms with Gasteiger partial charge in [-0.05, 0) is 19.4 Å². The van der Waals surface area contributed by atoms with Gasteiger partial charge in [0.25, 0.3) is 0 Å². The quantitative estimate of drug-likeness (QED) is 0.233. The van der Waals surface area contributed by atoms with Crippen molar-refractivity contribution in [2.24, 2.45) is 23.5 Å². The van der Waals surface area contributed by atoms with E-state index in [1.807, 2.05) is 13.8 Å². The zero-order valence-corrected chi connectivity index (χ0v) is 21.1. The first-order valence-electron chi connectivity index (χ1n) is 12.1. The van der Waals surface area contributed by atoms with Crippen LogP contribution in [-0.2, 0) is 19.2 Å². The van der Waals surface area contributed by atoms with Crippen LogP contribution in [0, 0.1) is 17.8 Å². The van der Waals surface area contributed by atoms with Gasteiger partial charge < -0.3 is 36.4 Å². The highest BCUT2D eigenvalue weighted by Crippen LogP contribution is 2.53. The predicted octanol–water partition coefficient (Wildman–Crippen LogP) is -1.43. The van der Waals surface area contributed by atoms with Crippen molar-refractivity contribution in [1.82, 2.24) is 20.4 Å². The van der Waals surface area contributed by atoms with Gasteiger partial charge in [0.15, 0.2) is 0 Å². The van der Waals surface area contributed by atoms with Crippen molar-refractivity contribution in [3.8, 4) is 0 Å². The molecule has 0 saturated carbocycles. The zero-order chi connectivity index (χ0) is 25.6. The second-order valence-electron chi connectivity index (χ2n) is 10.2. The molecule has 0 aromatic rings. The molecule has 0 aromatic carbocycles. The molecule has 3 saturated heterocycles. The van der Waals surface area contributed by atoms with Gasteiger partial charge >= 0.3 is 5.97 Å². The van der Waals surface area contributed by atoms with Crippen LogP contribution in [0.25, 0.3) is 0 Å². The number of aliphatic hydroxyl groups is 1. The van der Waals surface area contributed by atoms with E-state index in [-0.39, 0.29) is 71.9 Å². The number of carboxylic acid groups (broad SMARTS) is 1. The number of hydrogen-bond donors (Lipinski definition) is 5. The van der Waals surface area contributed by atoms with Crippen LogP contribution in [0.1, 0.15) is 26.7 Å². The minimum Gasteiger partial charge on any atom is -0.477 e. The van der Waals surface area contributed by atoms with E-state index in [0.717, 1.165) is 0 Å². The summed E-state index contributed by atoms with van der Waals surface area (Å²) in [7, 11) is 1.70. The largest absolute Gasteiger partial charge is 0.477 e. The molecular formula is C23H35N5O6S.